The number of fused-ring (bicyclic) bond motifs is 10. The topological polar surface area (TPSA) is 209 Å². The van der Waals surface area contributed by atoms with Crippen molar-refractivity contribution in [2.45, 2.75) is 140 Å². The Kier molecular flexibility index (Phi) is 11.1. The molecule has 1 unspecified atom stereocenters. The van der Waals surface area contributed by atoms with Gasteiger partial charge in [0.25, 0.3) is 0 Å². The summed E-state index contributed by atoms with van der Waals surface area (Å²) in [6.45, 7) is 5.64. The lowest BCUT2D eigenvalue weighted by molar-refractivity contribution is -0.169. The van der Waals surface area contributed by atoms with Crippen molar-refractivity contribution in [3.05, 3.63) is 120 Å². The minimum Gasteiger partial charge on any atom is -0.508 e. The van der Waals surface area contributed by atoms with Gasteiger partial charge in [0.2, 0.25) is 0 Å². The predicted molar refractivity (Wildman–Crippen MR) is 253 cm³/mol. The number of rotatable bonds is 5. The van der Waals surface area contributed by atoms with Crippen LogP contribution in [0.4, 0.5) is 0 Å². The zero-order chi connectivity index (χ0) is 46.5. The van der Waals surface area contributed by atoms with Gasteiger partial charge >= 0.3 is 5.97 Å². The first-order valence-electron chi connectivity index (χ1n) is 24.7. The average molecular weight is 913 g/mol. The Labute approximate surface area is 390 Å². The Balaban J connectivity index is 1.23. The Hall–Kier alpha value is -5.50. The number of benzene rings is 2. The molecule has 354 valence electrons. The molecule has 9 N–H and O–H groups in total. The molecular formula is C54H64N4O9. The van der Waals surface area contributed by atoms with E-state index in [-0.39, 0.29) is 71.1 Å². The second-order valence-corrected chi connectivity index (χ2v) is 20.7. The molecule has 6 heterocycles. The number of allylic oxidation sites excluding steroid dienone is 5. The first-order valence-corrected chi connectivity index (χ1v) is 24.7. The van der Waals surface area contributed by atoms with Crippen LogP contribution in [0.15, 0.2) is 91.1 Å². The fraction of sp³-hybridized carbons (Fsp3) is 0.519. The second kappa shape index (κ2) is 16.9. The molecule has 1 saturated heterocycles. The first kappa shape index (κ1) is 44.0. The normalized spacial score (nSPS) is 31.4. The number of dihydropyridines is 2. The van der Waals surface area contributed by atoms with Crippen molar-refractivity contribution in [1.29, 1.82) is 0 Å². The Bertz CT molecular complexity index is 2780. The maximum absolute atomic E-state index is 14.8. The number of esters is 1. The molecule has 0 amide bonds. The first-order chi connectivity index (χ1) is 32.4. The minimum atomic E-state index is -1.24. The zero-order valence-electron chi connectivity index (χ0n) is 38.8. The van der Waals surface area contributed by atoms with Crippen molar-refractivity contribution in [1.82, 2.24) is 16.0 Å². The number of ether oxygens (including phenoxy) is 2. The van der Waals surface area contributed by atoms with E-state index in [0.29, 0.717) is 60.1 Å². The molecule has 2 aromatic carbocycles. The lowest BCUT2D eigenvalue weighted by atomic mass is 9.61. The van der Waals surface area contributed by atoms with Crippen molar-refractivity contribution in [3.63, 3.8) is 0 Å². The summed E-state index contributed by atoms with van der Waals surface area (Å²) in [6.07, 6.45) is 14.8. The van der Waals surface area contributed by atoms with Gasteiger partial charge in [0, 0.05) is 65.7 Å². The number of hydrogen-bond donors (Lipinski definition) is 8. The third-order valence-corrected chi connectivity index (χ3v) is 17.3. The van der Waals surface area contributed by atoms with Crippen LogP contribution in [0.25, 0.3) is 11.0 Å². The summed E-state index contributed by atoms with van der Waals surface area (Å²) in [5, 5.41) is 57.1. The van der Waals surface area contributed by atoms with Crippen LogP contribution in [0, 0.1) is 23.7 Å². The summed E-state index contributed by atoms with van der Waals surface area (Å²) in [4.78, 5) is 29.2. The minimum absolute atomic E-state index is 0.00140. The number of nitrogens with one attached hydrogen (secondary N) is 3. The van der Waals surface area contributed by atoms with Crippen molar-refractivity contribution in [2.24, 2.45) is 29.4 Å². The molecule has 0 radical (unpaired) electrons. The summed E-state index contributed by atoms with van der Waals surface area (Å²) in [6, 6.07) is 6.94. The third-order valence-electron chi connectivity index (χ3n) is 17.3. The second-order valence-electron chi connectivity index (χ2n) is 20.7. The van der Waals surface area contributed by atoms with Gasteiger partial charge in [-0.15, -0.1) is 0 Å². The summed E-state index contributed by atoms with van der Waals surface area (Å²) in [5.74, 6) is -1.85. The Morgan fingerprint density at radius 2 is 1.87 bits per heavy atom. The number of aryl methyl sites for hydroxylation is 1. The van der Waals surface area contributed by atoms with Crippen LogP contribution in [-0.4, -0.2) is 63.5 Å². The Morgan fingerprint density at radius 3 is 2.64 bits per heavy atom. The van der Waals surface area contributed by atoms with Crippen LogP contribution < -0.4 is 31.8 Å². The van der Waals surface area contributed by atoms with E-state index in [1.807, 2.05) is 19.1 Å². The maximum Gasteiger partial charge on any atom is 0.334 e. The SMILES string of the molecule is C/C=C(\C(=O)O[C@@H]1Cc2c3c(c4oc(CO)cc(=O)c4c2O)[C@H]2C4=CCNC(N)=C4[C@@H](CCc4ccc(O)cc4[C@@H]2CO)[C@@H]2CCC4=C5CC[C@@H](C)NC5NC=C4C[C@@H]2[C@]1(C)O3)C1CCCC1. The van der Waals surface area contributed by atoms with Crippen LogP contribution in [0.3, 0.4) is 0 Å². The smallest absolute Gasteiger partial charge is 0.334 e. The quantitative estimate of drug-likeness (QED) is 0.0973. The molecule has 8 aliphatic rings. The number of carbonyl (C=O) groups is 1. The molecule has 11 rings (SSSR count). The molecule has 3 aliphatic carbocycles. The van der Waals surface area contributed by atoms with Crippen molar-refractivity contribution >= 4 is 16.9 Å². The number of carbonyl (C=O) groups excluding carboxylic acids is 1. The molecule has 13 heteroatoms. The van der Waals surface area contributed by atoms with Gasteiger partial charge in [-0.2, -0.15) is 0 Å². The molecule has 9 atom stereocenters. The summed E-state index contributed by atoms with van der Waals surface area (Å²) in [5.41, 5.74) is 14.4. The van der Waals surface area contributed by atoms with Gasteiger partial charge in [0.1, 0.15) is 58.1 Å². The number of aliphatic hydroxyl groups excluding tert-OH is 2. The largest absolute Gasteiger partial charge is 0.508 e. The molecule has 13 nitrogen and oxygen atoms in total. The van der Waals surface area contributed by atoms with Gasteiger partial charge in [-0.05, 0) is 147 Å². The highest BCUT2D eigenvalue weighted by molar-refractivity contribution is 5.92. The van der Waals surface area contributed by atoms with E-state index < -0.39 is 41.5 Å². The highest BCUT2D eigenvalue weighted by Crippen LogP contribution is 2.61. The number of aliphatic hydroxyl groups is 2. The van der Waals surface area contributed by atoms with Gasteiger partial charge in [0.05, 0.1) is 12.8 Å². The number of phenols is 2. The van der Waals surface area contributed by atoms with E-state index in [2.05, 4.69) is 42.1 Å². The van der Waals surface area contributed by atoms with Crippen molar-refractivity contribution in [2.75, 3.05) is 13.2 Å². The fourth-order valence-corrected chi connectivity index (χ4v) is 14.0. The number of nitrogens with two attached hydrogens (primary N) is 1. The third kappa shape index (κ3) is 7.04. The fourth-order valence-electron chi connectivity index (χ4n) is 14.0. The Morgan fingerprint density at radius 1 is 1.04 bits per heavy atom. The molecule has 3 fully saturated rings. The van der Waals surface area contributed by atoms with E-state index in [0.717, 1.165) is 73.6 Å². The van der Waals surface area contributed by atoms with Gasteiger partial charge in [-0.25, -0.2) is 4.79 Å². The van der Waals surface area contributed by atoms with E-state index in [9.17, 15) is 30.0 Å². The molecule has 3 aromatic rings. The lowest BCUT2D eigenvalue weighted by Crippen LogP contribution is -2.59. The summed E-state index contributed by atoms with van der Waals surface area (Å²) >= 11 is 0. The average Bonchev–Trinajstić information content (AvgIpc) is 3.78. The van der Waals surface area contributed by atoms with Crippen LogP contribution in [0.5, 0.6) is 17.2 Å². The van der Waals surface area contributed by atoms with E-state index in [4.69, 9.17) is 19.6 Å². The zero-order valence-corrected chi connectivity index (χ0v) is 38.8. The summed E-state index contributed by atoms with van der Waals surface area (Å²) < 4.78 is 21.3. The van der Waals surface area contributed by atoms with E-state index >= 15 is 0 Å². The molecular weight excluding hydrogens is 849 g/mol. The predicted octanol–water partition coefficient (Wildman–Crippen LogP) is 6.87. The standard InChI is InChI=1S/C54H64N4O9/c1-4-32(27-7-5-6-8-27)53(64)66-43-22-39-48(63)46-42(62)21-31(24-59)65-50(46)47-44-37-17-18-56-51(55)45(37)35(14-11-28-10-12-30(61)20-38(28)40(44)25-60)34-16-15-33-29(19-41(34)54(43,3)67-49(39)47)23-57-52-36(33)13-9-26(2)58-52/h4,10,12,17,20-21,23,26-27,34-35,40-41,43-44,52,56-61,63H,5-9,11,13-16,18-19,22,24-25,55H2,1-3H3/b32-4-/t26-,34+,35+,40+,41+,43-,44+,52?,54+/m1/s1. The lowest BCUT2D eigenvalue weighted by Gasteiger charge is -2.52. The van der Waals surface area contributed by atoms with Gasteiger partial charge in [-0.1, -0.05) is 31.1 Å². The van der Waals surface area contributed by atoms with Crippen molar-refractivity contribution < 1.29 is 39.1 Å². The maximum atomic E-state index is 14.8. The molecule has 1 aromatic heterocycles. The van der Waals surface area contributed by atoms with Crippen LogP contribution in [0.1, 0.15) is 125 Å². The van der Waals surface area contributed by atoms with Gasteiger partial charge in [-0.3, -0.25) is 10.1 Å². The monoisotopic (exact) mass is 912 g/mol. The summed E-state index contributed by atoms with van der Waals surface area (Å²) in [7, 11) is 0. The van der Waals surface area contributed by atoms with E-state index in [1.54, 1.807) is 12.1 Å². The molecule has 2 saturated carbocycles. The molecule has 67 heavy (non-hydrogen) atoms. The number of phenolic OH excluding ortho intramolecular Hbond substituents is 2. The highest BCUT2D eigenvalue weighted by Gasteiger charge is 2.58. The molecule has 4 bridgehead atoms. The van der Waals surface area contributed by atoms with E-state index in [1.165, 1.54) is 22.8 Å². The van der Waals surface area contributed by atoms with Crippen LogP contribution in [-0.2, 0) is 29.0 Å². The number of piperidine rings is 1. The van der Waals surface area contributed by atoms with Gasteiger partial charge in [0.15, 0.2) is 5.43 Å². The molecule has 5 aliphatic heterocycles. The van der Waals surface area contributed by atoms with Crippen LogP contribution in [0.2, 0.25) is 0 Å². The van der Waals surface area contributed by atoms with Gasteiger partial charge < -0.3 is 50.7 Å². The van der Waals surface area contributed by atoms with Crippen LogP contribution >= 0.6 is 0 Å². The number of hydrogen-bond acceptors (Lipinski definition) is 13. The highest BCUT2D eigenvalue weighted by atomic mass is 16.6. The van der Waals surface area contributed by atoms with Crippen molar-refractivity contribution in [3.8, 4) is 17.2 Å². The molecule has 0 spiro atoms. The number of aromatic hydroxyl groups is 2.